The predicted molar refractivity (Wildman–Crippen MR) is 350 cm³/mol. The normalized spacial score (nSPS) is 11.5. The second kappa shape index (κ2) is 25.4. The minimum atomic E-state index is 1.13. The average molecular weight is 1050 g/mol. The third-order valence-corrected chi connectivity index (χ3v) is 15.0. The summed E-state index contributed by atoms with van der Waals surface area (Å²) in [4.78, 5) is 0. The summed E-state index contributed by atoms with van der Waals surface area (Å²) in [6.45, 7) is 0. The molecule has 0 aliphatic rings. The van der Waals surface area contributed by atoms with Crippen LogP contribution < -0.4 is 0 Å². The molecule has 0 N–H and O–H groups in total. The van der Waals surface area contributed by atoms with Gasteiger partial charge in [0.2, 0.25) is 0 Å². The van der Waals surface area contributed by atoms with Crippen LogP contribution in [0.5, 0.6) is 0 Å². The fraction of sp³-hybridized carbons (Fsp3) is 0. The van der Waals surface area contributed by atoms with Gasteiger partial charge in [0.05, 0.1) is 0 Å². The molecule has 0 aliphatic carbocycles. The summed E-state index contributed by atoms with van der Waals surface area (Å²) in [5, 5.41) is 0. The number of rotatable bonds is 16. The SMILES string of the molecule is C(=C\c1ccc(/C(=C(\c2ccccc2)c2ccc(/C=C/c3ccc(C(=C(c4ccccc4)c4ccccc4)c4ccccc4)cc3)cc2)c2ccccc2)cc1)/c1ccc(C(=C(c2ccccc2)c2ccccc2)c2ccccc2)cc1. The van der Waals surface area contributed by atoms with Gasteiger partial charge in [-0.15, -0.1) is 0 Å². The summed E-state index contributed by atoms with van der Waals surface area (Å²) >= 11 is 0. The van der Waals surface area contributed by atoms with E-state index in [1.807, 2.05) is 0 Å². The zero-order valence-corrected chi connectivity index (χ0v) is 45.6. The molecule has 388 valence electrons. The molecule has 0 amide bonds. The van der Waals surface area contributed by atoms with Crippen LogP contribution in [0.25, 0.3) is 57.7 Å². The fourth-order valence-corrected chi connectivity index (χ4v) is 11.0. The number of hydrogen-bond donors (Lipinski definition) is 0. The second-order valence-corrected chi connectivity index (χ2v) is 20.3. The Morgan fingerprint density at radius 2 is 0.232 bits per heavy atom. The van der Waals surface area contributed by atoms with Gasteiger partial charge in [0.1, 0.15) is 0 Å². The van der Waals surface area contributed by atoms with Crippen molar-refractivity contribution < 1.29 is 0 Å². The van der Waals surface area contributed by atoms with E-state index in [4.69, 9.17) is 0 Å². The third kappa shape index (κ3) is 12.1. The van der Waals surface area contributed by atoms with Crippen molar-refractivity contribution in [3.05, 3.63) is 429 Å². The van der Waals surface area contributed by atoms with Crippen LogP contribution in [-0.4, -0.2) is 0 Å². The molecule has 0 heterocycles. The van der Waals surface area contributed by atoms with Crippen LogP contribution in [0.3, 0.4) is 0 Å². The van der Waals surface area contributed by atoms with Gasteiger partial charge in [0.25, 0.3) is 0 Å². The van der Waals surface area contributed by atoms with Crippen molar-refractivity contribution in [3.63, 3.8) is 0 Å². The van der Waals surface area contributed by atoms with Crippen molar-refractivity contribution in [2.24, 2.45) is 0 Å². The van der Waals surface area contributed by atoms with Crippen LogP contribution in [-0.2, 0) is 0 Å². The second-order valence-electron chi connectivity index (χ2n) is 20.3. The van der Waals surface area contributed by atoms with Crippen molar-refractivity contribution in [3.8, 4) is 0 Å². The minimum Gasteiger partial charge on any atom is -0.0622 e. The standard InChI is InChI=1S/C82H60/c1-9-25-65(26-10-1)77(66-27-11-2-12-28-66)79(69-33-17-5-18-34-69)73-53-45-61(46-54-73)41-43-63-49-57-75(58-50-63)81(71-37-21-7-22-38-71)82(72-39-23-8-24-40-72)76-59-51-64(52-60-76)44-42-62-47-55-74(56-48-62)80(70-35-19-6-20-36-70)78(67-29-13-3-14-30-67)68-31-15-4-16-32-68/h1-60H/b43-41+,44-42+,82-81+. The molecule has 0 unspecified atom stereocenters. The van der Waals surface area contributed by atoms with Crippen LogP contribution in [0.4, 0.5) is 0 Å². The van der Waals surface area contributed by atoms with Crippen molar-refractivity contribution in [1.82, 2.24) is 0 Å². The largest absolute Gasteiger partial charge is 0.0622 e. The van der Waals surface area contributed by atoms with Crippen molar-refractivity contribution >= 4 is 57.7 Å². The summed E-state index contributed by atoms with van der Waals surface area (Å²) in [7, 11) is 0. The molecule has 0 spiro atoms. The first-order chi connectivity index (χ1) is 40.7. The maximum atomic E-state index is 2.27. The summed E-state index contributed by atoms with van der Waals surface area (Å²) in [5.41, 5.74) is 25.8. The minimum absolute atomic E-state index is 1.13. The lowest BCUT2D eigenvalue weighted by atomic mass is 9.85. The van der Waals surface area contributed by atoms with Crippen LogP contribution in [0, 0.1) is 0 Å². The monoisotopic (exact) mass is 1040 g/mol. The van der Waals surface area contributed by atoms with E-state index in [-0.39, 0.29) is 0 Å². The zero-order chi connectivity index (χ0) is 55.1. The van der Waals surface area contributed by atoms with Gasteiger partial charge in [-0.05, 0) is 122 Å². The molecule has 0 atom stereocenters. The van der Waals surface area contributed by atoms with Gasteiger partial charge in [-0.1, -0.05) is 364 Å². The van der Waals surface area contributed by atoms with Gasteiger partial charge < -0.3 is 0 Å². The number of benzene rings is 12. The zero-order valence-electron chi connectivity index (χ0n) is 45.6. The van der Waals surface area contributed by atoms with Crippen LogP contribution in [0.15, 0.2) is 340 Å². The van der Waals surface area contributed by atoms with Gasteiger partial charge in [-0.2, -0.15) is 0 Å². The van der Waals surface area contributed by atoms with Crippen LogP contribution in [0.2, 0.25) is 0 Å². The van der Waals surface area contributed by atoms with Crippen LogP contribution in [0.1, 0.15) is 89.0 Å². The lowest BCUT2D eigenvalue weighted by Gasteiger charge is -2.18. The van der Waals surface area contributed by atoms with E-state index >= 15 is 0 Å². The highest BCUT2D eigenvalue weighted by molar-refractivity contribution is 6.07. The third-order valence-electron chi connectivity index (χ3n) is 15.0. The first-order valence-electron chi connectivity index (χ1n) is 28.1. The first-order valence-corrected chi connectivity index (χ1v) is 28.1. The summed E-state index contributed by atoms with van der Waals surface area (Å²) < 4.78 is 0. The summed E-state index contributed by atoms with van der Waals surface area (Å²) in [5.74, 6) is 0. The molecule has 0 aliphatic heterocycles. The van der Waals surface area contributed by atoms with Gasteiger partial charge in [-0.3, -0.25) is 0 Å². The molecule has 82 heavy (non-hydrogen) atoms. The van der Waals surface area contributed by atoms with E-state index < -0.39 is 0 Å². The summed E-state index contributed by atoms with van der Waals surface area (Å²) in [6.07, 6.45) is 8.84. The Morgan fingerprint density at radius 1 is 0.122 bits per heavy atom. The molecule has 0 bridgehead atoms. The molecule has 12 aromatic carbocycles. The molecule has 0 heteroatoms. The van der Waals surface area contributed by atoms with E-state index in [9.17, 15) is 0 Å². The van der Waals surface area contributed by atoms with Gasteiger partial charge >= 0.3 is 0 Å². The topological polar surface area (TPSA) is 0 Å². The number of hydrogen-bond acceptors (Lipinski definition) is 0. The molecular weight excluding hydrogens is 985 g/mol. The van der Waals surface area contributed by atoms with Gasteiger partial charge in [0, 0.05) is 0 Å². The highest BCUT2D eigenvalue weighted by atomic mass is 14.2. The Morgan fingerprint density at radius 3 is 0.354 bits per heavy atom. The van der Waals surface area contributed by atoms with E-state index in [1.165, 1.54) is 77.9 Å². The maximum Gasteiger partial charge on any atom is -0.00268 e. The Kier molecular flexibility index (Phi) is 16.1. The van der Waals surface area contributed by atoms with E-state index in [2.05, 4.69) is 364 Å². The Hall–Kier alpha value is -10.7. The quantitative estimate of drug-likeness (QED) is 0.0846. The van der Waals surface area contributed by atoms with E-state index in [1.54, 1.807) is 0 Å². The Bertz CT molecular complexity index is 3800. The van der Waals surface area contributed by atoms with E-state index in [0.717, 1.165) is 44.5 Å². The molecule has 0 fully saturated rings. The predicted octanol–water partition coefficient (Wildman–Crippen LogP) is 21.0. The Balaban J connectivity index is 0.837. The molecular formula is C82H60. The Labute approximate surface area is 483 Å². The first kappa shape index (κ1) is 52.1. The fourth-order valence-electron chi connectivity index (χ4n) is 11.0. The van der Waals surface area contributed by atoms with Gasteiger partial charge in [0.15, 0.2) is 0 Å². The lowest BCUT2D eigenvalue weighted by molar-refractivity contribution is 1.49. The van der Waals surface area contributed by atoms with Crippen molar-refractivity contribution in [1.29, 1.82) is 0 Å². The lowest BCUT2D eigenvalue weighted by Crippen LogP contribution is -1.98. The average Bonchev–Trinajstić information content (AvgIpc) is 3.65. The molecule has 0 nitrogen and oxygen atoms in total. The highest BCUT2D eigenvalue weighted by Crippen LogP contribution is 2.40. The maximum absolute atomic E-state index is 2.27. The van der Waals surface area contributed by atoms with Crippen LogP contribution >= 0.6 is 0 Å². The molecule has 12 rings (SSSR count). The molecule has 0 aromatic heterocycles. The molecule has 12 aromatic rings. The summed E-state index contributed by atoms with van der Waals surface area (Å²) in [6, 6.07) is 122. The molecule has 0 radical (unpaired) electrons. The van der Waals surface area contributed by atoms with Crippen molar-refractivity contribution in [2.45, 2.75) is 0 Å². The van der Waals surface area contributed by atoms with E-state index in [0.29, 0.717) is 0 Å². The van der Waals surface area contributed by atoms with Crippen molar-refractivity contribution in [2.75, 3.05) is 0 Å². The smallest absolute Gasteiger partial charge is 0.00268 e. The molecule has 0 saturated carbocycles. The molecule has 0 saturated heterocycles. The highest BCUT2D eigenvalue weighted by Gasteiger charge is 2.19. The van der Waals surface area contributed by atoms with Gasteiger partial charge in [-0.25, -0.2) is 0 Å².